The number of nitrogens with zero attached hydrogens (tertiary/aromatic N) is 1. The van der Waals surface area contributed by atoms with Crippen LogP contribution in [0.25, 0.3) is 0 Å². The number of piperazine rings is 1. The summed E-state index contributed by atoms with van der Waals surface area (Å²) in [4.78, 5) is 2.59. The van der Waals surface area contributed by atoms with Crippen LogP contribution in [-0.2, 0) is 4.74 Å². The summed E-state index contributed by atoms with van der Waals surface area (Å²) in [5.74, 6) is 0.873. The van der Waals surface area contributed by atoms with Gasteiger partial charge in [0, 0.05) is 39.9 Å². The first-order chi connectivity index (χ1) is 8.36. The molecule has 0 aromatic rings. The summed E-state index contributed by atoms with van der Waals surface area (Å²) in [6, 6.07) is 0. The second-order valence-electron chi connectivity index (χ2n) is 5.14. The Morgan fingerprint density at radius 1 is 1.18 bits per heavy atom. The van der Waals surface area contributed by atoms with Gasteiger partial charge in [-0.15, -0.1) is 0 Å². The average molecular weight is 242 g/mol. The van der Waals surface area contributed by atoms with Crippen LogP contribution in [0, 0.1) is 5.92 Å². The Morgan fingerprint density at radius 2 is 1.94 bits per heavy atom. The van der Waals surface area contributed by atoms with Gasteiger partial charge < -0.3 is 15.0 Å². The number of rotatable bonds is 9. The fourth-order valence-electron chi connectivity index (χ4n) is 2.54. The fraction of sp³-hybridized carbons (Fsp3) is 1.00. The van der Waals surface area contributed by atoms with E-state index in [4.69, 9.17) is 4.74 Å². The molecule has 1 saturated heterocycles. The predicted molar refractivity (Wildman–Crippen MR) is 73.4 cm³/mol. The van der Waals surface area contributed by atoms with Gasteiger partial charge in [-0.2, -0.15) is 0 Å². The number of hydrogen-bond donors (Lipinski definition) is 1. The maximum Gasteiger partial charge on any atom is 0.0464 e. The van der Waals surface area contributed by atoms with Crippen molar-refractivity contribution < 1.29 is 4.74 Å². The first-order valence-electron chi connectivity index (χ1n) is 7.28. The lowest BCUT2D eigenvalue weighted by molar-refractivity contribution is 0.172. The molecule has 3 nitrogen and oxygen atoms in total. The zero-order chi connectivity index (χ0) is 12.3. The quantitative estimate of drug-likeness (QED) is 0.627. The Bertz CT molecular complexity index is 170. The minimum atomic E-state index is 0.873. The fourth-order valence-corrected chi connectivity index (χ4v) is 2.54. The highest BCUT2D eigenvalue weighted by Gasteiger charge is 2.09. The van der Waals surface area contributed by atoms with Crippen LogP contribution in [0.4, 0.5) is 0 Å². The maximum absolute atomic E-state index is 5.16. The van der Waals surface area contributed by atoms with Crippen LogP contribution in [0.2, 0.25) is 0 Å². The topological polar surface area (TPSA) is 24.5 Å². The summed E-state index contributed by atoms with van der Waals surface area (Å²) in [7, 11) is 1.80. The van der Waals surface area contributed by atoms with Crippen molar-refractivity contribution in [1.82, 2.24) is 10.2 Å². The van der Waals surface area contributed by atoms with Crippen LogP contribution >= 0.6 is 0 Å². The number of unbranched alkanes of at least 4 members (excludes halogenated alkanes) is 1. The number of hydrogen-bond acceptors (Lipinski definition) is 3. The molecule has 0 bridgehead atoms. The lowest BCUT2D eigenvalue weighted by Gasteiger charge is -2.27. The third kappa shape index (κ3) is 7.02. The van der Waals surface area contributed by atoms with Crippen molar-refractivity contribution in [3.8, 4) is 0 Å². The van der Waals surface area contributed by atoms with Crippen molar-refractivity contribution in [3.63, 3.8) is 0 Å². The summed E-state index contributed by atoms with van der Waals surface area (Å²) in [6.07, 6.45) is 6.67. The van der Waals surface area contributed by atoms with Crippen molar-refractivity contribution in [3.05, 3.63) is 0 Å². The second kappa shape index (κ2) is 9.86. The maximum atomic E-state index is 5.16. The Balaban J connectivity index is 1.97. The molecule has 3 heteroatoms. The zero-order valence-corrected chi connectivity index (χ0v) is 11.7. The minimum absolute atomic E-state index is 0.873. The van der Waals surface area contributed by atoms with E-state index in [1.54, 1.807) is 7.11 Å². The zero-order valence-electron chi connectivity index (χ0n) is 11.7. The molecule has 1 atom stereocenters. The molecule has 0 amide bonds. The average Bonchev–Trinajstić information content (AvgIpc) is 2.39. The Hall–Kier alpha value is -0.120. The summed E-state index contributed by atoms with van der Waals surface area (Å²) in [5.41, 5.74) is 0. The Labute approximate surface area is 107 Å². The molecule has 1 N–H and O–H groups in total. The van der Waals surface area contributed by atoms with Gasteiger partial charge in [0.2, 0.25) is 0 Å². The van der Waals surface area contributed by atoms with Gasteiger partial charge in [0.1, 0.15) is 0 Å². The summed E-state index contributed by atoms with van der Waals surface area (Å²) >= 11 is 0. The number of nitrogens with one attached hydrogen (secondary N) is 1. The SMILES string of the molecule is CC[C@H](CCCCN1CCNCC1)CCOC. The van der Waals surface area contributed by atoms with Crippen LogP contribution in [0.5, 0.6) is 0 Å². The molecule has 1 heterocycles. The standard InChI is InChI=1S/C14H30N2O/c1-3-14(7-13-17-2)6-4-5-10-16-11-8-15-9-12-16/h14-15H,3-13H2,1-2H3/t14-/m1/s1. The molecule has 102 valence electrons. The monoisotopic (exact) mass is 242 g/mol. The smallest absolute Gasteiger partial charge is 0.0464 e. The minimum Gasteiger partial charge on any atom is -0.385 e. The summed E-state index contributed by atoms with van der Waals surface area (Å²) < 4.78 is 5.16. The third-order valence-corrected chi connectivity index (χ3v) is 3.85. The van der Waals surface area contributed by atoms with Crippen LogP contribution in [0.1, 0.15) is 39.0 Å². The molecule has 17 heavy (non-hydrogen) atoms. The summed E-state index contributed by atoms with van der Waals surface area (Å²) in [6.45, 7) is 9.34. The first-order valence-corrected chi connectivity index (χ1v) is 7.28. The van der Waals surface area contributed by atoms with Gasteiger partial charge in [0.25, 0.3) is 0 Å². The lowest BCUT2D eigenvalue weighted by Crippen LogP contribution is -2.43. The van der Waals surface area contributed by atoms with Crippen molar-refractivity contribution in [2.24, 2.45) is 5.92 Å². The molecule has 0 spiro atoms. The largest absolute Gasteiger partial charge is 0.385 e. The molecule has 1 fully saturated rings. The highest BCUT2D eigenvalue weighted by Crippen LogP contribution is 2.16. The van der Waals surface area contributed by atoms with E-state index < -0.39 is 0 Å². The van der Waals surface area contributed by atoms with Crippen LogP contribution < -0.4 is 5.32 Å². The van der Waals surface area contributed by atoms with Gasteiger partial charge in [0.15, 0.2) is 0 Å². The van der Waals surface area contributed by atoms with Crippen molar-refractivity contribution in [1.29, 1.82) is 0 Å². The van der Waals surface area contributed by atoms with Crippen LogP contribution in [0.15, 0.2) is 0 Å². The van der Waals surface area contributed by atoms with Gasteiger partial charge in [-0.1, -0.05) is 26.2 Å². The molecule has 0 radical (unpaired) electrons. The van der Waals surface area contributed by atoms with Crippen molar-refractivity contribution >= 4 is 0 Å². The molecule has 0 saturated carbocycles. The van der Waals surface area contributed by atoms with Gasteiger partial charge in [-0.25, -0.2) is 0 Å². The molecule has 0 aromatic heterocycles. The van der Waals surface area contributed by atoms with Gasteiger partial charge in [0.05, 0.1) is 0 Å². The van der Waals surface area contributed by atoms with E-state index in [-0.39, 0.29) is 0 Å². The molecular formula is C14H30N2O. The van der Waals surface area contributed by atoms with Crippen LogP contribution in [0.3, 0.4) is 0 Å². The van der Waals surface area contributed by atoms with Gasteiger partial charge >= 0.3 is 0 Å². The highest BCUT2D eigenvalue weighted by molar-refractivity contribution is 4.67. The second-order valence-corrected chi connectivity index (χ2v) is 5.14. The molecule has 0 aromatic carbocycles. The van der Waals surface area contributed by atoms with Crippen LogP contribution in [-0.4, -0.2) is 51.3 Å². The summed E-state index contributed by atoms with van der Waals surface area (Å²) in [5, 5.41) is 3.40. The van der Waals surface area contributed by atoms with E-state index in [1.807, 2.05) is 0 Å². The predicted octanol–water partition coefficient (Wildman–Crippen LogP) is 2.12. The number of ether oxygens (including phenoxy) is 1. The van der Waals surface area contributed by atoms with E-state index in [1.165, 1.54) is 64.8 Å². The van der Waals surface area contributed by atoms with E-state index >= 15 is 0 Å². The first kappa shape index (κ1) is 14.9. The molecule has 0 aliphatic carbocycles. The Morgan fingerprint density at radius 3 is 2.59 bits per heavy atom. The molecule has 1 rings (SSSR count). The van der Waals surface area contributed by atoms with E-state index in [0.717, 1.165) is 12.5 Å². The van der Waals surface area contributed by atoms with E-state index in [2.05, 4.69) is 17.1 Å². The normalized spacial score (nSPS) is 19.4. The third-order valence-electron chi connectivity index (χ3n) is 3.85. The van der Waals surface area contributed by atoms with Gasteiger partial charge in [-0.05, 0) is 25.3 Å². The van der Waals surface area contributed by atoms with Crippen molar-refractivity contribution in [2.45, 2.75) is 39.0 Å². The molecule has 0 unspecified atom stereocenters. The molecule has 1 aliphatic rings. The Kier molecular flexibility index (Phi) is 8.67. The van der Waals surface area contributed by atoms with E-state index in [9.17, 15) is 0 Å². The van der Waals surface area contributed by atoms with Crippen molar-refractivity contribution in [2.75, 3.05) is 46.4 Å². The number of methoxy groups -OCH3 is 1. The van der Waals surface area contributed by atoms with Gasteiger partial charge in [-0.3, -0.25) is 0 Å². The highest BCUT2D eigenvalue weighted by atomic mass is 16.5. The molecular weight excluding hydrogens is 212 g/mol. The van der Waals surface area contributed by atoms with E-state index in [0.29, 0.717) is 0 Å². The molecule has 1 aliphatic heterocycles. The lowest BCUT2D eigenvalue weighted by atomic mass is 9.96.